The second-order valence-corrected chi connectivity index (χ2v) is 11.1. The van der Waals surface area contributed by atoms with Crippen molar-refractivity contribution in [3.8, 4) is 11.5 Å². The zero-order valence-corrected chi connectivity index (χ0v) is 19.5. The number of benzene rings is 1. The first-order valence-electron chi connectivity index (χ1n) is 12.2. The van der Waals surface area contributed by atoms with Crippen molar-refractivity contribution in [1.82, 2.24) is 19.8 Å². The first-order valence-corrected chi connectivity index (χ1v) is 13.0. The van der Waals surface area contributed by atoms with Crippen LogP contribution in [-0.2, 0) is 16.6 Å². The molecule has 34 heavy (non-hydrogen) atoms. The smallest absolute Gasteiger partial charge is 0.273 e. The molecule has 178 valence electrons. The third-order valence-electron chi connectivity index (χ3n) is 8.87. The number of nitrogens with zero attached hydrogens (tertiary/aromatic N) is 3. The van der Waals surface area contributed by atoms with E-state index in [9.17, 15) is 14.7 Å². The molecule has 1 spiro atoms. The summed E-state index contributed by atoms with van der Waals surface area (Å²) >= 11 is 1.16. The molecule has 3 aliphatic carbocycles. The molecule has 0 unspecified atom stereocenters. The first kappa shape index (κ1) is 20.6. The van der Waals surface area contributed by atoms with Crippen molar-refractivity contribution in [1.29, 1.82) is 0 Å². The van der Waals surface area contributed by atoms with Gasteiger partial charge in [0.15, 0.2) is 5.69 Å². The second-order valence-electron chi connectivity index (χ2n) is 10.5. The van der Waals surface area contributed by atoms with E-state index < -0.39 is 0 Å². The average molecular weight is 482 g/mol. The van der Waals surface area contributed by atoms with Crippen molar-refractivity contribution in [2.75, 3.05) is 18.4 Å². The van der Waals surface area contributed by atoms with E-state index in [0.29, 0.717) is 35.5 Å². The maximum atomic E-state index is 12.9. The number of phenolic OH excluding ortho intramolecular Hbond substituents is 1. The van der Waals surface area contributed by atoms with Crippen LogP contribution in [0.5, 0.6) is 11.5 Å². The summed E-state index contributed by atoms with van der Waals surface area (Å²) in [5.41, 5.74) is 2.54. The zero-order valence-electron chi connectivity index (χ0n) is 18.7. The predicted octanol–water partition coefficient (Wildman–Crippen LogP) is 2.06. The number of piperidine rings is 1. The van der Waals surface area contributed by atoms with Crippen LogP contribution in [0.2, 0.25) is 0 Å². The average Bonchev–Trinajstić information content (AvgIpc) is 3.33. The Morgan fingerprint density at radius 3 is 3.00 bits per heavy atom. The van der Waals surface area contributed by atoms with Crippen LogP contribution in [0.15, 0.2) is 11.4 Å². The fraction of sp³-hybridized carbons (Fsp3) is 0.583. The molecule has 1 aromatic carbocycles. The standard InChI is InChI=1S/C24H27N5O4S/c30-11-25-16-8-19(31)13-7-18-14-3-4-15(26-23(32)17-10-34-28-27-17)22-24(14,20(13)21(16)33-22)5-6-29(18)9-12-1-2-12/h8,10-12,14-15,18,22,31H,1-7,9H2,(H,25,30)(H,26,32)/t14-,15+,18+,22-,24-/m0/s1. The van der Waals surface area contributed by atoms with Gasteiger partial charge in [0.2, 0.25) is 6.41 Å². The fourth-order valence-corrected chi connectivity index (χ4v) is 7.83. The van der Waals surface area contributed by atoms with Crippen LogP contribution in [-0.4, -0.2) is 63.2 Å². The number of amides is 2. The molecule has 1 saturated heterocycles. The van der Waals surface area contributed by atoms with Gasteiger partial charge in [0.05, 0.1) is 11.7 Å². The predicted molar refractivity (Wildman–Crippen MR) is 124 cm³/mol. The second kappa shape index (κ2) is 7.39. The van der Waals surface area contributed by atoms with Gasteiger partial charge in [0.25, 0.3) is 5.91 Å². The van der Waals surface area contributed by atoms with Gasteiger partial charge in [-0.15, -0.1) is 5.10 Å². The Balaban J connectivity index is 1.32. The number of phenols is 1. The number of rotatable bonds is 6. The number of anilines is 1. The molecular formula is C24H27N5O4S. The quantitative estimate of drug-likeness (QED) is 0.541. The van der Waals surface area contributed by atoms with Crippen LogP contribution in [0.4, 0.5) is 5.69 Å². The Hall–Kier alpha value is -2.72. The summed E-state index contributed by atoms with van der Waals surface area (Å²) in [5.74, 6) is 1.85. The number of hydrogen-bond acceptors (Lipinski definition) is 8. The highest BCUT2D eigenvalue weighted by molar-refractivity contribution is 7.03. The third-order valence-corrected chi connectivity index (χ3v) is 9.37. The van der Waals surface area contributed by atoms with E-state index in [-0.39, 0.29) is 29.2 Å². The van der Waals surface area contributed by atoms with Crippen LogP contribution < -0.4 is 15.4 Å². The maximum absolute atomic E-state index is 12.9. The Kier molecular flexibility index (Phi) is 4.48. The molecule has 3 fully saturated rings. The van der Waals surface area contributed by atoms with Gasteiger partial charge >= 0.3 is 0 Å². The molecule has 10 heteroatoms. The fourth-order valence-electron chi connectivity index (χ4n) is 7.39. The zero-order chi connectivity index (χ0) is 23.0. The first-order chi connectivity index (χ1) is 16.6. The van der Waals surface area contributed by atoms with Crippen molar-refractivity contribution in [3.05, 3.63) is 28.3 Å². The van der Waals surface area contributed by atoms with Gasteiger partial charge in [0, 0.05) is 40.6 Å². The summed E-state index contributed by atoms with van der Waals surface area (Å²) in [7, 11) is 0. The number of hydrogen-bond donors (Lipinski definition) is 3. The number of aromatic nitrogens is 2. The molecule has 2 saturated carbocycles. The summed E-state index contributed by atoms with van der Waals surface area (Å²) in [6.45, 7) is 2.12. The maximum Gasteiger partial charge on any atom is 0.273 e. The number of carbonyl (C=O) groups excluding carboxylic acids is 2. The molecule has 9 nitrogen and oxygen atoms in total. The number of ether oxygens (including phenoxy) is 1. The summed E-state index contributed by atoms with van der Waals surface area (Å²) in [6, 6.07) is 1.78. The van der Waals surface area contributed by atoms with Gasteiger partial charge in [-0.05, 0) is 68.4 Å². The normalized spacial score (nSPS) is 33.1. The highest BCUT2D eigenvalue weighted by Crippen LogP contribution is 2.65. The topological polar surface area (TPSA) is 117 Å². The number of likely N-dealkylation sites (tertiary alicyclic amines) is 1. The summed E-state index contributed by atoms with van der Waals surface area (Å²) in [4.78, 5) is 26.9. The summed E-state index contributed by atoms with van der Waals surface area (Å²) < 4.78 is 10.5. The van der Waals surface area contributed by atoms with E-state index in [4.69, 9.17) is 4.74 Å². The highest BCUT2D eigenvalue weighted by Gasteiger charge is 2.66. The minimum Gasteiger partial charge on any atom is -0.508 e. The molecule has 3 heterocycles. The summed E-state index contributed by atoms with van der Waals surface area (Å²) in [5, 5.41) is 22.6. The Morgan fingerprint density at radius 1 is 1.35 bits per heavy atom. The molecule has 2 amide bonds. The molecule has 3 N–H and O–H groups in total. The van der Waals surface area contributed by atoms with E-state index >= 15 is 0 Å². The van der Waals surface area contributed by atoms with E-state index in [1.807, 2.05) is 0 Å². The molecular weight excluding hydrogens is 454 g/mol. The molecule has 2 aliphatic heterocycles. The number of aromatic hydroxyl groups is 1. The van der Waals surface area contributed by atoms with Crippen molar-refractivity contribution < 1.29 is 19.4 Å². The van der Waals surface area contributed by atoms with Crippen molar-refractivity contribution >= 4 is 29.5 Å². The van der Waals surface area contributed by atoms with E-state index in [1.54, 1.807) is 11.4 Å². The van der Waals surface area contributed by atoms with Crippen LogP contribution in [0.1, 0.15) is 53.7 Å². The molecule has 2 bridgehead atoms. The van der Waals surface area contributed by atoms with E-state index in [1.165, 1.54) is 12.8 Å². The van der Waals surface area contributed by atoms with Crippen molar-refractivity contribution in [3.63, 3.8) is 0 Å². The molecule has 7 rings (SSSR count). The lowest BCUT2D eigenvalue weighted by Crippen LogP contribution is -2.69. The van der Waals surface area contributed by atoms with Gasteiger partial charge in [-0.25, -0.2) is 0 Å². The molecule has 5 atom stereocenters. The van der Waals surface area contributed by atoms with E-state index in [2.05, 4.69) is 25.1 Å². The van der Waals surface area contributed by atoms with Crippen molar-refractivity contribution in [2.45, 2.75) is 62.1 Å². The Morgan fingerprint density at radius 2 is 2.24 bits per heavy atom. The molecule has 1 aromatic heterocycles. The van der Waals surface area contributed by atoms with Gasteiger partial charge in [-0.1, -0.05) is 4.49 Å². The van der Waals surface area contributed by atoms with Crippen LogP contribution >= 0.6 is 11.5 Å². The summed E-state index contributed by atoms with van der Waals surface area (Å²) in [6.07, 6.45) is 6.52. The molecule has 5 aliphatic rings. The number of carbonyl (C=O) groups is 2. The van der Waals surface area contributed by atoms with Crippen LogP contribution in [0.25, 0.3) is 0 Å². The lowest BCUT2D eigenvalue weighted by molar-refractivity contribution is -0.105. The minimum absolute atomic E-state index is 0.189. The van der Waals surface area contributed by atoms with Crippen molar-refractivity contribution in [2.24, 2.45) is 11.8 Å². The lowest BCUT2D eigenvalue weighted by atomic mass is 9.51. The monoisotopic (exact) mass is 481 g/mol. The van der Waals surface area contributed by atoms with Crippen LogP contribution in [0.3, 0.4) is 0 Å². The lowest BCUT2D eigenvalue weighted by Gasteiger charge is -2.59. The Labute approximate surface area is 201 Å². The van der Waals surface area contributed by atoms with E-state index in [0.717, 1.165) is 67.4 Å². The Bertz CT molecular complexity index is 1170. The largest absolute Gasteiger partial charge is 0.508 e. The van der Waals surface area contributed by atoms with Gasteiger partial charge in [-0.3, -0.25) is 14.5 Å². The molecule has 2 aromatic rings. The molecule has 0 radical (unpaired) electrons. The van der Waals surface area contributed by atoms with Gasteiger partial charge in [0.1, 0.15) is 17.6 Å². The third kappa shape index (κ3) is 2.81. The SMILES string of the molecule is O=CNc1cc(O)c2c3c1O[C@H]1[C@H](NC(=O)c4csnn4)CC[C@H]4[C@@H](C2)N(CC2CC2)CC[C@@]341. The van der Waals surface area contributed by atoms with Gasteiger partial charge < -0.3 is 20.5 Å². The van der Waals surface area contributed by atoms with Crippen LogP contribution in [0, 0.1) is 11.8 Å². The van der Waals surface area contributed by atoms with Gasteiger partial charge in [-0.2, -0.15) is 0 Å². The minimum atomic E-state index is -0.289. The highest BCUT2D eigenvalue weighted by atomic mass is 32.1. The number of nitrogens with one attached hydrogen (secondary N) is 2.